The molecule has 30 heavy (non-hydrogen) atoms. The van der Waals surface area contributed by atoms with Crippen molar-refractivity contribution in [2.75, 3.05) is 0 Å². The Morgan fingerprint density at radius 1 is 0.933 bits per heavy atom. The van der Waals surface area contributed by atoms with Crippen LogP contribution in [0.1, 0.15) is 16.7 Å². The average Bonchev–Trinajstić information content (AvgIpc) is 3.24. The quantitative estimate of drug-likeness (QED) is 0.264. The standard InChI is InChI=1S/C23H19ClN4OS/c24-21-12-10-19(11-13-21)16-30-23-27-25-17-28(23)26-14-20-8-4-5-9-22(20)29-15-18-6-2-1-3-7-18/h1-14,17H,15-16H2/b26-14+. The fourth-order valence-corrected chi connectivity index (χ4v) is 3.65. The Balaban J connectivity index is 1.43. The molecule has 0 radical (unpaired) electrons. The Labute approximate surface area is 184 Å². The molecule has 0 N–H and O–H groups in total. The zero-order chi connectivity index (χ0) is 20.6. The van der Waals surface area contributed by atoms with Crippen LogP contribution in [0, 0.1) is 0 Å². The van der Waals surface area contributed by atoms with E-state index in [-0.39, 0.29) is 0 Å². The molecular formula is C23H19ClN4OS. The van der Waals surface area contributed by atoms with E-state index in [1.807, 2.05) is 78.9 Å². The van der Waals surface area contributed by atoms with E-state index in [0.717, 1.165) is 33.2 Å². The van der Waals surface area contributed by atoms with Crippen molar-refractivity contribution in [2.24, 2.45) is 5.10 Å². The summed E-state index contributed by atoms with van der Waals surface area (Å²) in [5.41, 5.74) is 3.15. The van der Waals surface area contributed by atoms with Crippen LogP contribution >= 0.6 is 23.4 Å². The lowest BCUT2D eigenvalue weighted by Crippen LogP contribution is -1.99. The van der Waals surface area contributed by atoms with Gasteiger partial charge in [0.1, 0.15) is 18.7 Å². The number of thioether (sulfide) groups is 1. The molecule has 0 fully saturated rings. The number of nitrogens with zero attached hydrogens (tertiary/aromatic N) is 4. The van der Waals surface area contributed by atoms with E-state index < -0.39 is 0 Å². The minimum absolute atomic E-state index is 0.501. The van der Waals surface area contributed by atoms with Gasteiger partial charge in [-0.2, -0.15) is 9.78 Å². The van der Waals surface area contributed by atoms with E-state index in [9.17, 15) is 0 Å². The fourth-order valence-electron chi connectivity index (χ4n) is 2.70. The van der Waals surface area contributed by atoms with Crippen LogP contribution in [0.15, 0.2) is 95.4 Å². The predicted octanol–water partition coefficient (Wildman–Crippen LogP) is 5.69. The molecule has 150 valence electrons. The monoisotopic (exact) mass is 434 g/mol. The van der Waals surface area contributed by atoms with Gasteiger partial charge in [0, 0.05) is 16.3 Å². The number of para-hydroxylation sites is 1. The largest absolute Gasteiger partial charge is 0.488 e. The van der Waals surface area contributed by atoms with Gasteiger partial charge in [-0.3, -0.25) is 0 Å². The first-order chi connectivity index (χ1) is 14.8. The summed E-state index contributed by atoms with van der Waals surface area (Å²) in [7, 11) is 0. The van der Waals surface area contributed by atoms with Crippen molar-refractivity contribution >= 4 is 29.6 Å². The van der Waals surface area contributed by atoms with Gasteiger partial charge in [0.2, 0.25) is 5.16 Å². The average molecular weight is 435 g/mol. The first-order valence-corrected chi connectivity index (χ1v) is 10.7. The molecule has 0 saturated heterocycles. The van der Waals surface area contributed by atoms with Crippen LogP contribution in [0.4, 0.5) is 0 Å². The minimum Gasteiger partial charge on any atom is -0.488 e. The highest BCUT2D eigenvalue weighted by molar-refractivity contribution is 7.98. The molecule has 0 bridgehead atoms. The maximum atomic E-state index is 5.99. The van der Waals surface area contributed by atoms with Crippen molar-refractivity contribution in [3.05, 3.63) is 107 Å². The van der Waals surface area contributed by atoms with Crippen molar-refractivity contribution in [3.63, 3.8) is 0 Å². The molecular weight excluding hydrogens is 416 g/mol. The van der Waals surface area contributed by atoms with Gasteiger partial charge in [-0.05, 0) is 35.4 Å². The predicted molar refractivity (Wildman–Crippen MR) is 121 cm³/mol. The minimum atomic E-state index is 0.501. The first kappa shape index (κ1) is 20.2. The molecule has 0 unspecified atom stereocenters. The number of ether oxygens (including phenoxy) is 1. The van der Waals surface area contributed by atoms with Crippen LogP contribution in [0.25, 0.3) is 0 Å². The molecule has 0 saturated carbocycles. The maximum absolute atomic E-state index is 5.99. The lowest BCUT2D eigenvalue weighted by molar-refractivity contribution is 0.306. The van der Waals surface area contributed by atoms with Crippen LogP contribution in [0.2, 0.25) is 5.02 Å². The molecule has 5 nitrogen and oxygen atoms in total. The molecule has 0 amide bonds. The second-order valence-electron chi connectivity index (χ2n) is 6.43. The van der Waals surface area contributed by atoms with Crippen LogP contribution in [0.5, 0.6) is 5.75 Å². The molecule has 0 aliphatic heterocycles. The van der Waals surface area contributed by atoms with Crippen LogP contribution in [-0.2, 0) is 12.4 Å². The molecule has 0 aliphatic rings. The van der Waals surface area contributed by atoms with E-state index in [0.29, 0.717) is 11.8 Å². The van der Waals surface area contributed by atoms with Gasteiger partial charge in [0.25, 0.3) is 0 Å². The van der Waals surface area contributed by atoms with E-state index in [2.05, 4.69) is 15.3 Å². The second-order valence-corrected chi connectivity index (χ2v) is 7.81. The summed E-state index contributed by atoms with van der Waals surface area (Å²) in [6, 6.07) is 25.6. The van der Waals surface area contributed by atoms with E-state index >= 15 is 0 Å². The lowest BCUT2D eigenvalue weighted by atomic mass is 10.2. The molecule has 7 heteroatoms. The highest BCUT2D eigenvalue weighted by Crippen LogP contribution is 2.22. The highest BCUT2D eigenvalue weighted by Gasteiger charge is 2.06. The molecule has 0 spiro atoms. The number of aromatic nitrogens is 3. The first-order valence-electron chi connectivity index (χ1n) is 9.35. The molecule has 0 atom stereocenters. The summed E-state index contributed by atoms with van der Waals surface area (Å²) < 4.78 is 7.65. The van der Waals surface area contributed by atoms with Crippen LogP contribution in [-0.4, -0.2) is 21.1 Å². The molecule has 3 aromatic carbocycles. The summed E-state index contributed by atoms with van der Waals surface area (Å²) in [6.07, 6.45) is 3.35. The van der Waals surface area contributed by atoms with Gasteiger partial charge in [0.15, 0.2) is 0 Å². The topological polar surface area (TPSA) is 52.3 Å². The van der Waals surface area contributed by atoms with Gasteiger partial charge >= 0.3 is 0 Å². The number of halogens is 1. The normalized spacial score (nSPS) is 11.1. The summed E-state index contributed by atoms with van der Waals surface area (Å²) in [4.78, 5) is 0. The third kappa shape index (κ3) is 5.49. The summed E-state index contributed by atoms with van der Waals surface area (Å²) in [5.74, 6) is 1.52. The number of rotatable bonds is 8. The number of hydrogen-bond donors (Lipinski definition) is 0. The molecule has 4 rings (SSSR count). The summed E-state index contributed by atoms with van der Waals surface area (Å²) in [6.45, 7) is 0.501. The van der Waals surface area contributed by atoms with Crippen molar-refractivity contribution in [1.82, 2.24) is 14.9 Å². The van der Waals surface area contributed by atoms with Crippen molar-refractivity contribution in [2.45, 2.75) is 17.5 Å². The Kier molecular flexibility index (Phi) is 6.79. The number of hydrogen-bond acceptors (Lipinski definition) is 5. The third-order valence-corrected chi connectivity index (χ3v) is 5.52. The van der Waals surface area contributed by atoms with Crippen molar-refractivity contribution in [1.29, 1.82) is 0 Å². The molecule has 1 aromatic heterocycles. The number of benzene rings is 3. The summed E-state index contributed by atoms with van der Waals surface area (Å²) in [5, 5.41) is 14.1. The Morgan fingerprint density at radius 3 is 2.53 bits per heavy atom. The molecule has 4 aromatic rings. The van der Waals surface area contributed by atoms with Gasteiger partial charge in [-0.15, -0.1) is 10.2 Å². The summed E-state index contributed by atoms with van der Waals surface area (Å²) >= 11 is 7.50. The van der Waals surface area contributed by atoms with Gasteiger partial charge in [0.05, 0.1) is 6.21 Å². The fraction of sp³-hybridized carbons (Fsp3) is 0.0870. The SMILES string of the molecule is Clc1ccc(CSc2nncn2/N=C/c2ccccc2OCc2ccccc2)cc1. The van der Waals surface area contributed by atoms with Gasteiger partial charge < -0.3 is 4.74 Å². The Hall–Kier alpha value is -3.09. The Bertz CT molecular complexity index is 1110. The maximum Gasteiger partial charge on any atom is 0.212 e. The zero-order valence-electron chi connectivity index (χ0n) is 16.1. The van der Waals surface area contributed by atoms with Crippen molar-refractivity contribution in [3.8, 4) is 5.75 Å². The second kappa shape index (κ2) is 10.1. The zero-order valence-corrected chi connectivity index (χ0v) is 17.6. The smallest absolute Gasteiger partial charge is 0.212 e. The van der Waals surface area contributed by atoms with Crippen molar-refractivity contribution < 1.29 is 4.74 Å². The lowest BCUT2D eigenvalue weighted by Gasteiger charge is -2.09. The molecule has 0 aliphatic carbocycles. The van der Waals surface area contributed by atoms with E-state index in [1.165, 1.54) is 0 Å². The van der Waals surface area contributed by atoms with E-state index in [1.54, 1.807) is 29.0 Å². The molecule has 1 heterocycles. The van der Waals surface area contributed by atoms with Gasteiger partial charge in [-0.25, -0.2) is 0 Å². The Morgan fingerprint density at radius 2 is 1.70 bits per heavy atom. The third-order valence-electron chi connectivity index (χ3n) is 4.26. The van der Waals surface area contributed by atoms with Crippen LogP contribution in [0.3, 0.4) is 0 Å². The van der Waals surface area contributed by atoms with Crippen LogP contribution < -0.4 is 4.74 Å². The van der Waals surface area contributed by atoms with E-state index in [4.69, 9.17) is 16.3 Å². The van der Waals surface area contributed by atoms with Gasteiger partial charge in [-0.1, -0.05) is 78.0 Å². The highest BCUT2D eigenvalue weighted by atomic mass is 35.5.